The maximum Gasteiger partial charge on any atom is 0.119 e. The van der Waals surface area contributed by atoms with E-state index in [4.69, 9.17) is 4.74 Å². The lowest BCUT2D eigenvalue weighted by atomic mass is 10.00. The van der Waals surface area contributed by atoms with Gasteiger partial charge >= 0.3 is 0 Å². The van der Waals surface area contributed by atoms with Crippen molar-refractivity contribution in [2.45, 2.75) is 32.0 Å². The molecule has 0 bridgehead atoms. The quantitative estimate of drug-likeness (QED) is 0.900. The average Bonchev–Trinajstić information content (AvgIpc) is 3.26. The van der Waals surface area contributed by atoms with E-state index in [-0.39, 0.29) is 0 Å². The van der Waals surface area contributed by atoms with Crippen LogP contribution in [0.5, 0.6) is 5.75 Å². The summed E-state index contributed by atoms with van der Waals surface area (Å²) >= 11 is 3.50. The van der Waals surface area contributed by atoms with Crippen molar-refractivity contribution in [2.24, 2.45) is 0 Å². The number of aliphatic hydroxyl groups is 1. The second kappa shape index (κ2) is 5.58. The first kappa shape index (κ1) is 13.7. The van der Waals surface area contributed by atoms with Crippen LogP contribution in [-0.4, -0.2) is 11.2 Å². The van der Waals surface area contributed by atoms with Gasteiger partial charge in [-0.2, -0.15) is 0 Å². The highest BCUT2D eigenvalue weighted by atomic mass is 79.9. The van der Waals surface area contributed by atoms with E-state index in [1.807, 2.05) is 49.4 Å². The van der Waals surface area contributed by atoms with Crippen LogP contribution >= 0.6 is 15.9 Å². The van der Waals surface area contributed by atoms with Crippen molar-refractivity contribution >= 4 is 15.9 Å². The minimum absolute atomic E-state index is 0.400. The molecule has 0 spiro atoms. The number of ether oxygens (including phenoxy) is 1. The highest BCUT2D eigenvalue weighted by molar-refractivity contribution is 9.10. The Morgan fingerprint density at radius 2 is 1.85 bits per heavy atom. The van der Waals surface area contributed by atoms with E-state index in [2.05, 4.69) is 15.9 Å². The van der Waals surface area contributed by atoms with Gasteiger partial charge in [-0.25, -0.2) is 0 Å². The van der Waals surface area contributed by atoms with E-state index in [0.717, 1.165) is 39.8 Å². The molecule has 104 valence electrons. The fraction of sp³-hybridized carbons (Fsp3) is 0.294. The second-order valence-electron chi connectivity index (χ2n) is 5.31. The highest BCUT2D eigenvalue weighted by Gasteiger charge is 2.23. The first-order valence-electron chi connectivity index (χ1n) is 6.84. The largest absolute Gasteiger partial charge is 0.490 e. The number of hydrogen-bond donors (Lipinski definition) is 1. The Morgan fingerprint density at radius 3 is 2.50 bits per heavy atom. The molecule has 1 unspecified atom stereocenters. The maximum absolute atomic E-state index is 10.5. The molecule has 3 rings (SSSR count). The molecule has 2 aromatic rings. The Kier molecular flexibility index (Phi) is 3.81. The van der Waals surface area contributed by atoms with Crippen LogP contribution in [0.4, 0.5) is 0 Å². The zero-order chi connectivity index (χ0) is 14.1. The molecular formula is C17H17BrO2. The van der Waals surface area contributed by atoms with Crippen molar-refractivity contribution < 1.29 is 9.84 Å². The molecule has 1 atom stereocenters. The summed E-state index contributed by atoms with van der Waals surface area (Å²) in [6, 6.07) is 13.7. The van der Waals surface area contributed by atoms with Gasteiger partial charge in [0.1, 0.15) is 11.9 Å². The molecule has 0 aliphatic heterocycles. The number of aliphatic hydroxyl groups excluding tert-OH is 1. The summed E-state index contributed by atoms with van der Waals surface area (Å²) in [5, 5.41) is 10.5. The van der Waals surface area contributed by atoms with Gasteiger partial charge in [0, 0.05) is 4.47 Å². The van der Waals surface area contributed by atoms with Crippen LogP contribution in [0.2, 0.25) is 0 Å². The van der Waals surface area contributed by atoms with Crippen molar-refractivity contribution in [1.82, 2.24) is 0 Å². The van der Waals surface area contributed by atoms with Crippen LogP contribution in [0.25, 0.3) is 0 Å². The minimum atomic E-state index is -0.626. The third kappa shape index (κ3) is 3.05. The summed E-state index contributed by atoms with van der Waals surface area (Å²) < 4.78 is 6.64. The van der Waals surface area contributed by atoms with Crippen molar-refractivity contribution in [3.8, 4) is 5.75 Å². The van der Waals surface area contributed by atoms with E-state index < -0.39 is 6.10 Å². The van der Waals surface area contributed by atoms with Gasteiger partial charge in [0.05, 0.1) is 6.10 Å². The molecular weight excluding hydrogens is 316 g/mol. The van der Waals surface area contributed by atoms with E-state index in [9.17, 15) is 5.11 Å². The standard InChI is InChI=1S/C17H17BrO2/c1-11-2-9-16(18)15(10-11)17(19)12-3-5-13(6-4-12)20-14-7-8-14/h2-6,9-10,14,17,19H,7-8H2,1H3. The van der Waals surface area contributed by atoms with Crippen LogP contribution in [0.1, 0.15) is 35.6 Å². The van der Waals surface area contributed by atoms with Gasteiger partial charge in [-0.3, -0.25) is 0 Å². The molecule has 20 heavy (non-hydrogen) atoms. The van der Waals surface area contributed by atoms with Crippen LogP contribution in [0.3, 0.4) is 0 Å². The molecule has 1 aliphatic carbocycles. The lowest BCUT2D eigenvalue weighted by Gasteiger charge is -2.15. The molecule has 1 saturated carbocycles. The molecule has 3 heteroatoms. The van der Waals surface area contributed by atoms with Crippen molar-refractivity contribution in [3.63, 3.8) is 0 Å². The van der Waals surface area contributed by atoms with Crippen LogP contribution in [0.15, 0.2) is 46.9 Å². The number of rotatable bonds is 4. The molecule has 0 saturated heterocycles. The Bertz CT molecular complexity index is 603. The van der Waals surface area contributed by atoms with Crippen LogP contribution < -0.4 is 4.74 Å². The topological polar surface area (TPSA) is 29.5 Å². The summed E-state index contributed by atoms with van der Waals surface area (Å²) in [6.07, 6.45) is 2.08. The summed E-state index contributed by atoms with van der Waals surface area (Å²) in [4.78, 5) is 0. The van der Waals surface area contributed by atoms with Crippen molar-refractivity contribution in [1.29, 1.82) is 0 Å². The number of benzene rings is 2. The van der Waals surface area contributed by atoms with E-state index in [0.29, 0.717) is 6.10 Å². The van der Waals surface area contributed by atoms with Gasteiger partial charge in [-0.15, -0.1) is 0 Å². The predicted molar refractivity (Wildman–Crippen MR) is 83.0 cm³/mol. The fourth-order valence-corrected chi connectivity index (χ4v) is 2.62. The molecule has 2 aromatic carbocycles. The Labute approximate surface area is 127 Å². The summed E-state index contributed by atoms with van der Waals surface area (Å²) in [5.74, 6) is 0.881. The SMILES string of the molecule is Cc1ccc(Br)c(C(O)c2ccc(OC3CC3)cc2)c1. The lowest BCUT2D eigenvalue weighted by molar-refractivity contribution is 0.219. The number of halogens is 1. The third-order valence-corrected chi connectivity index (χ3v) is 4.19. The molecule has 0 heterocycles. The third-order valence-electron chi connectivity index (χ3n) is 3.47. The molecule has 1 N–H and O–H groups in total. The smallest absolute Gasteiger partial charge is 0.119 e. The molecule has 0 amide bonds. The van der Waals surface area contributed by atoms with Crippen molar-refractivity contribution in [3.05, 3.63) is 63.6 Å². The van der Waals surface area contributed by atoms with Crippen LogP contribution in [0, 0.1) is 6.92 Å². The monoisotopic (exact) mass is 332 g/mol. The lowest BCUT2D eigenvalue weighted by Crippen LogP contribution is -2.02. The number of hydrogen-bond acceptors (Lipinski definition) is 2. The first-order valence-corrected chi connectivity index (χ1v) is 7.63. The first-order chi connectivity index (χ1) is 9.63. The normalized spacial score (nSPS) is 15.9. The predicted octanol–water partition coefficient (Wildman–Crippen LogP) is 4.38. The van der Waals surface area contributed by atoms with Gasteiger partial charge in [-0.05, 0) is 49.1 Å². The highest BCUT2D eigenvalue weighted by Crippen LogP contribution is 2.31. The van der Waals surface area contributed by atoms with Gasteiger partial charge in [0.15, 0.2) is 0 Å². The second-order valence-corrected chi connectivity index (χ2v) is 6.17. The summed E-state index contributed by atoms with van der Waals surface area (Å²) in [5.41, 5.74) is 2.90. The minimum Gasteiger partial charge on any atom is -0.490 e. The molecule has 0 radical (unpaired) electrons. The van der Waals surface area contributed by atoms with Crippen LogP contribution in [-0.2, 0) is 0 Å². The molecule has 1 aliphatic rings. The number of aryl methyl sites for hydroxylation is 1. The van der Waals surface area contributed by atoms with E-state index in [1.54, 1.807) is 0 Å². The molecule has 1 fully saturated rings. The molecule has 0 aromatic heterocycles. The Morgan fingerprint density at radius 1 is 1.15 bits per heavy atom. The zero-order valence-electron chi connectivity index (χ0n) is 11.3. The van der Waals surface area contributed by atoms with E-state index in [1.165, 1.54) is 0 Å². The average molecular weight is 333 g/mol. The van der Waals surface area contributed by atoms with Gasteiger partial charge in [0.2, 0.25) is 0 Å². The molecule has 2 nitrogen and oxygen atoms in total. The van der Waals surface area contributed by atoms with Gasteiger partial charge in [0.25, 0.3) is 0 Å². The van der Waals surface area contributed by atoms with Crippen molar-refractivity contribution in [2.75, 3.05) is 0 Å². The Hall–Kier alpha value is -1.32. The zero-order valence-corrected chi connectivity index (χ0v) is 12.9. The van der Waals surface area contributed by atoms with E-state index >= 15 is 0 Å². The summed E-state index contributed by atoms with van der Waals surface area (Å²) in [7, 11) is 0. The van der Waals surface area contributed by atoms with Gasteiger partial charge in [-0.1, -0.05) is 45.8 Å². The Balaban J connectivity index is 1.81. The van der Waals surface area contributed by atoms with Gasteiger partial charge < -0.3 is 9.84 Å². The fourth-order valence-electron chi connectivity index (χ4n) is 2.16. The summed E-state index contributed by atoms with van der Waals surface area (Å²) in [6.45, 7) is 2.02. The maximum atomic E-state index is 10.5.